The third-order valence-electron chi connectivity index (χ3n) is 2.97. The number of hydrogen-bond donors (Lipinski definition) is 3. The molecule has 0 saturated heterocycles. The number of nitrogens with one attached hydrogen (secondary N) is 1. The van der Waals surface area contributed by atoms with Gasteiger partial charge in [-0.25, -0.2) is 0 Å². The van der Waals surface area contributed by atoms with E-state index >= 15 is 0 Å². The summed E-state index contributed by atoms with van der Waals surface area (Å²) in [5, 5.41) is 14.8. The molecule has 4 N–H and O–H groups in total. The van der Waals surface area contributed by atoms with Gasteiger partial charge in [-0.1, -0.05) is 29.7 Å². The topological polar surface area (TPSA) is 87.7 Å². The van der Waals surface area contributed by atoms with E-state index in [1.165, 1.54) is 0 Å². The van der Waals surface area contributed by atoms with Gasteiger partial charge in [-0.3, -0.25) is 4.79 Å². The molecule has 0 heterocycles. The molecule has 1 rings (SSSR count). The van der Waals surface area contributed by atoms with Crippen LogP contribution in [-0.4, -0.2) is 22.5 Å². The van der Waals surface area contributed by atoms with Crippen LogP contribution >= 0.6 is 27.5 Å². The number of amides is 1. The molecule has 0 saturated carbocycles. The maximum absolute atomic E-state index is 12.2. The summed E-state index contributed by atoms with van der Waals surface area (Å²) >= 11 is 9.31. The molecule has 0 radical (unpaired) electrons. The summed E-state index contributed by atoms with van der Waals surface area (Å²) in [5.41, 5.74) is 4.99. The van der Waals surface area contributed by atoms with Crippen LogP contribution in [0.3, 0.4) is 0 Å². The molecule has 0 aliphatic heterocycles. The van der Waals surface area contributed by atoms with Gasteiger partial charge in [0, 0.05) is 4.47 Å². The first-order valence-corrected chi connectivity index (χ1v) is 6.77. The van der Waals surface area contributed by atoms with Crippen LogP contribution in [0.1, 0.15) is 30.6 Å². The van der Waals surface area contributed by atoms with E-state index < -0.39 is 5.54 Å². The summed E-state index contributed by atoms with van der Waals surface area (Å²) in [7, 11) is 0. The highest BCUT2D eigenvalue weighted by Crippen LogP contribution is 2.26. The van der Waals surface area contributed by atoms with Crippen molar-refractivity contribution in [3.63, 3.8) is 0 Å². The number of nitrogens with two attached hydrogens (primary N) is 1. The minimum Gasteiger partial charge on any atom is -0.409 e. The quantitative estimate of drug-likeness (QED) is 0.338. The Balaban J connectivity index is 3.05. The van der Waals surface area contributed by atoms with Gasteiger partial charge in [0.05, 0.1) is 16.1 Å². The minimum absolute atomic E-state index is 0.0607. The summed E-state index contributed by atoms with van der Waals surface area (Å²) in [5.74, 6) is -0.447. The molecule has 104 valence electrons. The molecule has 0 bridgehead atoms. The van der Waals surface area contributed by atoms with Crippen molar-refractivity contribution in [1.29, 1.82) is 0 Å². The summed E-state index contributed by atoms with van der Waals surface area (Å²) in [6, 6.07) is 5.05. The van der Waals surface area contributed by atoms with Gasteiger partial charge in [-0.2, -0.15) is 0 Å². The van der Waals surface area contributed by atoms with Crippen LogP contribution in [0.4, 0.5) is 0 Å². The van der Waals surface area contributed by atoms with Crippen LogP contribution in [0, 0.1) is 0 Å². The second-order valence-electron chi connectivity index (χ2n) is 4.23. The van der Waals surface area contributed by atoms with Crippen LogP contribution in [0.2, 0.25) is 5.02 Å². The Morgan fingerprint density at radius 3 is 2.79 bits per heavy atom. The van der Waals surface area contributed by atoms with Crippen molar-refractivity contribution in [3.8, 4) is 0 Å². The predicted octanol–water partition coefficient (Wildman–Crippen LogP) is 2.75. The number of benzene rings is 1. The van der Waals surface area contributed by atoms with Crippen molar-refractivity contribution in [1.82, 2.24) is 5.32 Å². The maximum Gasteiger partial charge on any atom is 0.253 e. The van der Waals surface area contributed by atoms with Gasteiger partial charge in [0.15, 0.2) is 5.84 Å². The Bertz CT molecular complexity index is 522. The SMILES string of the molecule is CCC(C)(NC(=O)c1cccc(Br)c1Cl)/C(N)=N/O. The average molecular weight is 349 g/mol. The zero-order valence-electron chi connectivity index (χ0n) is 10.6. The average Bonchev–Trinajstić information content (AvgIpc) is 2.40. The number of amidine groups is 1. The van der Waals surface area contributed by atoms with E-state index in [2.05, 4.69) is 26.4 Å². The van der Waals surface area contributed by atoms with E-state index in [4.69, 9.17) is 22.5 Å². The molecule has 0 aliphatic rings. The molecule has 1 aromatic carbocycles. The molecular formula is C12H15BrClN3O2. The molecule has 5 nitrogen and oxygen atoms in total. The summed E-state index contributed by atoms with van der Waals surface area (Å²) < 4.78 is 0.629. The van der Waals surface area contributed by atoms with Crippen molar-refractivity contribution in [2.24, 2.45) is 10.9 Å². The van der Waals surface area contributed by atoms with Gasteiger partial charge in [0.2, 0.25) is 0 Å². The Hall–Kier alpha value is -1.27. The van der Waals surface area contributed by atoms with Crippen molar-refractivity contribution in [2.45, 2.75) is 25.8 Å². The lowest BCUT2D eigenvalue weighted by atomic mass is 9.97. The molecule has 0 fully saturated rings. The van der Waals surface area contributed by atoms with Crippen molar-refractivity contribution < 1.29 is 10.0 Å². The van der Waals surface area contributed by atoms with Gasteiger partial charge in [0.25, 0.3) is 5.91 Å². The normalized spacial score (nSPS) is 14.8. The second-order valence-corrected chi connectivity index (χ2v) is 5.46. The monoisotopic (exact) mass is 347 g/mol. The summed E-state index contributed by atoms with van der Waals surface area (Å²) in [6.45, 7) is 3.49. The molecule has 19 heavy (non-hydrogen) atoms. The van der Waals surface area contributed by atoms with Crippen molar-refractivity contribution in [2.75, 3.05) is 0 Å². The Morgan fingerprint density at radius 1 is 1.63 bits per heavy atom. The number of hydrogen-bond acceptors (Lipinski definition) is 3. The van der Waals surface area contributed by atoms with E-state index in [0.717, 1.165) is 0 Å². The zero-order chi connectivity index (χ0) is 14.6. The first kappa shape index (κ1) is 15.8. The molecule has 7 heteroatoms. The highest BCUT2D eigenvalue weighted by molar-refractivity contribution is 9.10. The first-order chi connectivity index (χ1) is 8.85. The van der Waals surface area contributed by atoms with Gasteiger partial charge in [-0.05, 0) is 41.4 Å². The lowest BCUT2D eigenvalue weighted by Crippen LogP contribution is -2.55. The van der Waals surface area contributed by atoms with E-state index in [1.54, 1.807) is 25.1 Å². The minimum atomic E-state index is -0.933. The van der Waals surface area contributed by atoms with E-state index in [-0.39, 0.29) is 11.7 Å². The second kappa shape index (κ2) is 6.25. The smallest absolute Gasteiger partial charge is 0.253 e. The fourth-order valence-corrected chi connectivity index (χ4v) is 2.02. The number of oxime groups is 1. The Labute approximate surface area is 124 Å². The van der Waals surface area contributed by atoms with Gasteiger partial charge in [0.1, 0.15) is 0 Å². The van der Waals surface area contributed by atoms with Crippen LogP contribution in [-0.2, 0) is 0 Å². The molecular weight excluding hydrogens is 334 g/mol. The molecule has 1 aromatic rings. The molecule has 0 aliphatic carbocycles. The molecule has 1 amide bonds. The van der Waals surface area contributed by atoms with Crippen molar-refractivity contribution in [3.05, 3.63) is 33.3 Å². The van der Waals surface area contributed by atoms with Crippen LogP contribution < -0.4 is 11.1 Å². The zero-order valence-corrected chi connectivity index (χ0v) is 12.9. The first-order valence-electron chi connectivity index (χ1n) is 5.60. The van der Waals surface area contributed by atoms with Gasteiger partial charge >= 0.3 is 0 Å². The Morgan fingerprint density at radius 2 is 2.26 bits per heavy atom. The van der Waals surface area contributed by atoms with E-state index in [9.17, 15) is 4.79 Å². The largest absolute Gasteiger partial charge is 0.409 e. The predicted molar refractivity (Wildman–Crippen MR) is 78.7 cm³/mol. The highest BCUT2D eigenvalue weighted by Gasteiger charge is 2.30. The number of carbonyl (C=O) groups is 1. The number of carbonyl (C=O) groups excluding carboxylic acids is 1. The molecule has 0 spiro atoms. The lowest BCUT2D eigenvalue weighted by molar-refractivity contribution is 0.0925. The summed E-state index contributed by atoms with van der Waals surface area (Å²) in [4.78, 5) is 12.2. The van der Waals surface area contributed by atoms with E-state index in [1.807, 2.05) is 6.92 Å². The van der Waals surface area contributed by atoms with Crippen LogP contribution in [0.5, 0.6) is 0 Å². The van der Waals surface area contributed by atoms with Gasteiger partial charge < -0.3 is 16.3 Å². The highest BCUT2D eigenvalue weighted by atomic mass is 79.9. The summed E-state index contributed by atoms with van der Waals surface area (Å²) in [6.07, 6.45) is 0.472. The van der Waals surface area contributed by atoms with Gasteiger partial charge in [-0.15, -0.1) is 0 Å². The fraction of sp³-hybridized carbons (Fsp3) is 0.333. The molecule has 0 aromatic heterocycles. The van der Waals surface area contributed by atoms with E-state index in [0.29, 0.717) is 21.5 Å². The molecule has 1 atom stereocenters. The Kier molecular flexibility index (Phi) is 5.20. The number of rotatable bonds is 4. The number of halogens is 2. The van der Waals surface area contributed by atoms with Crippen molar-refractivity contribution >= 4 is 39.3 Å². The van der Waals surface area contributed by atoms with Crippen LogP contribution in [0.15, 0.2) is 27.8 Å². The maximum atomic E-state index is 12.2. The third-order valence-corrected chi connectivity index (χ3v) is 4.26. The lowest BCUT2D eigenvalue weighted by Gasteiger charge is -2.28. The number of nitrogens with zero attached hydrogens (tertiary/aromatic N) is 1. The molecule has 1 unspecified atom stereocenters. The fourth-order valence-electron chi connectivity index (χ4n) is 1.44. The third kappa shape index (κ3) is 3.39. The van der Waals surface area contributed by atoms with Crippen LogP contribution in [0.25, 0.3) is 0 Å². The standard InChI is InChI=1S/C12H15BrClN3O2/c1-3-12(2,11(15)17-19)16-10(18)7-5-4-6-8(13)9(7)14/h4-6,19H,3H2,1-2H3,(H2,15,17)(H,16,18).